The maximum atomic E-state index is 11.4. The van der Waals surface area contributed by atoms with Crippen LogP contribution in [0.25, 0.3) is 0 Å². The normalized spacial score (nSPS) is 19.6. The fraction of sp³-hybridized carbons (Fsp3) is 0.562. The molecule has 0 spiro atoms. The van der Waals surface area contributed by atoms with Crippen molar-refractivity contribution in [2.45, 2.75) is 59.5 Å². The third kappa shape index (κ3) is 5.35. The first-order valence-electron chi connectivity index (χ1n) is 6.69. The van der Waals surface area contributed by atoms with Gasteiger partial charge in [-0.25, -0.2) is 4.79 Å². The summed E-state index contributed by atoms with van der Waals surface area (Å²) in [5.74, 6) is -0.141. The van der Waals surface area contributed by atoms with E-state index >= 15 is 0 Å². The number of hydrogen-bond donors (Lipinski definition) is 0. The largest absolute Gasteiger partial charge is 0.455 e. The summed E-state index contributed by atoms with van der Waals surface area (Å²) in [6.45, 7) is 8.30. The highest BCUT2D eigenvalue weighted by molar-refractivity contribution is 5.90. The van der Waals surface area contributed by atoms with Gasteiger partial charge in [-0.3, -0.25) is 0 Å². The number of rotatable bonds is 6. The van der Waals surface area contributed by atoms with Gasteiger partial charge < -0.3 is 4.74 Å². The Labute approximate surface area is 110 Å². The Balaban J connectivity index is 2.29. The average Bonchev–Trinajstić information content (AvgIpc) is 2.57. The molecule has 0 amide bonds. The molecule has 0 aliphatic carbocycles. The second kappa shape index (κ2) is 7.20. The molecule has 2 nitrogen and oxygen atoms in total. The number of carbonyl (C=O) groups excluding carboxylic acids is 1. The third-order valence-corrected chi connectivity index (χ3v) is 2.99. The van der Waals surface area contributed by atoms with Gasteiger partial charge in [0.15, 0.2) is 0 Å². The van der Waals surface area contributed by atoms with Crippen molar-refractivity contribution in [1.29, 1.82) is 0 Å². The highest BCUT2D eigenvalue weighted by Crippen LogP contribution is 2.19. The Bertz CT molecular complexity index is 382. The van der Waals surface area contributed by atoms with Crippen molar-refractivity contribution in [1.82, 2.24) is 0 Å². The van der Waals surface area contributed by atoms with Gasteiger partial charge in [-0.15, -0.1) is 0 Å². The first-order valence-corrected chi connectivity index (χ1v) is 6.69. The van der Waals surface area contributed by atoms with E-state index in [1.807, 2.05) is 13.0 Å². The van der Waals surface area contributed by atoms with E-state index in [4.69, 9.17) is 4.74 Å². The monoisotopic (exact) mass is 248 g/mol. The molecule has 1 aliphatic rings. The van der Waals surface area contributed by atoms with Gasteiger partial charge in [-0.05, 0) is 59.5 Å². The molecular formula is C16H24O2. The summed E-state index contributed by atoms with van der Waals surface area (Å²) in [5.41, 5.74) is 3.60. The van der Waals surface area contributed by atoms with E-state index in [1.165, 1.54) is 11.1 Å². The second-order valence-corrected chi connectivity index (χ2v) is 5.21. The highest BCUT2D eigenvalue weighted by atomic mass is 16.5. The van der Waals surface area contributed by atoms with Gasteiger partial charge in [-0.1, -0.05) is 23.3 Å². The molecule has 0 N–H and O–H groups in total. The van der Waals surface area contributed by atoms with Gasteiger partial charge in [0.25, 0.3) is 0 Å². The minimum Gasteiger partial charge on any atom is -0.455 e. The molecule has 0 saturated heterocycles. The number of carbonyl (C=O) groups is 1. The summed E-state index contributed by atoms with van der Waals surface area (Å²) in [5, 5.41) is 0. The van der Waals surface area contributed by atoms with Crippen molar-refractivity contribution in [2.24, 2.45) is 0 Å². The third-order valence-electron chi connectivity index (χ3n) is 2.99. The Morgan fingerprint density at radius 2 is 2.00 bits per heavy atom. The van der Waals surface area contributed by atoms with Crippen LogP contribution in [0.2, 0.25) is 0 Å². The lowest BCUT2D eigenvalue weighted by Crippen LogP contribution is -2.03. The van der Waals surface area contributed by atoms with Gasteiger partial charge in [-0.2, -0.15) is 0 Å². The first kappa shape index (κ1) is 14.7. The molecule has 0 bridgehead atoms. The van der Waals surface area contributed by atoms with Crippen LogP contribution in [0.4, 0.5) is 0 Å². The molecule has 1 rings (SSSR count). The lowest BCUT2D eigenvalue weighted by Gasteiger charge is -2.00. The molecule has 100 valence electrons. The van der Waals surface area contributed by atoms with E-state index in [2.05, 4.69) is 32.9 Å². The molecule has 1 atom stereocenters. The van der Waals surface area contributed by atoms with Crippen LogP contribution in [0.5, 0.6) is 0 Å². The zero-order chi connectivity index (χ0) is 13.5. The Hall–Kier alpha value is -1.31. The SMILES string of the molecule is CC(C)=CCC/C(C)=C/CCC1=CC(C)OC1=O. The van der Waals surface area contributed by atoms with Crippen LogP contribution in [0.15, 0.2) is 34.9 Å². The minimum atomic E-state index is -0.141. The standard InChI is InChI=1S/C16H24O2/c1-12(2)7-5-8-13(3)9-6-10-15-11-14(4)18-16(15)17/h7,9,11,14H,5-6,8,10H2,1-4H3/b13-9+. The molecule has 0 aromatic heterocycles. The number of cyclic esters (lactones) is 1. The van der Waals surface area contributed by atoms with E-state index in [-0.39, 0.29) is 12.1 Å². The Morgan fingerprint density at radius 3 is 2.56 bits per heavy atom. The van der Waals surface area contributed by atoms with Crippen LogP contribution in [0.3, 0.4) is 0 Å². The molecule has 0 aromatic carbocycles. The number of ether oxygens (including phenoxy) is 1. The van der Waals surface area contributed by atoms with Gasteiger partial charge in [0.05, 0.1) is 0 Å². The topological polar surface area (TPSA) is 26.3 Å². The fourth-order valence-electron chi connectivity index (χ4n) is 1.98. The van der Waals surface area contributed by atoms with E-state index in [0.29, 0.717) is 0 Å². The molecule has 1 aliphatic heterocycles. The van der Waals surface area contributed by atoms with Crippen molar-refractivity contribution in [2.75, 3.05) is 0 Å². The van der Waals surface area contributed by atoms with Gasteiger partial charge in [0, 0.05) is 5.57 Å². The predicted molar refractivity (Wildman–Crippen MR) is 75.3 cm³/mol. The summed E-state index contributed by atoms with van der Waals surface area (Å²) in [6.07, 6.45) is 10.3. The zero-order valence-electron chi connectivity index (χ0n) is 12.0. The molecule has 18 heavy (non-hydrogen) atoms. The smallest absolute Gasteiger partial charge is 0.334 e. The van der Waals surface area contributed by atoms with E-state index in [9.17, 15) is 4.79 Å². The van der Waals surface area contributed by atoms with E-state index in [1.54, 1.807) is 0 Å². The van der Waals surface area contributed by atoms with Crippen LogP contribution in [-0.4, -0.2) is 12.1 Å². The molecule has 0 fully saturated rings. The first-order chi connectivity index (χ1) is 8.49. The van der Waals surface area contributed by atoms with Gasteiger partial charge in [0.1, 0.15) is 6.10 Å². The van der Waals surface area contributed by atoms with Crippen molar-refractivity contribution in [3.05, 3.63) is 34.9 Å². The summed E-state index contributed by atoms with van der Waals surface area (Å²) in [4.78, 5) is 11.4. The van der Waals surface area contributed by atoms with E-state index in [0.717, 1.165) is 31.3 Å². The summed E-state index contributed by atoms with van der Waals surface area (Å²) >= 11 is 0. The predicted octanol–water partition coefficient (Wildman–Crippen LogP) is 4.33. The zero-order valence-corrected chi connectivity index (χ0v) is 12.0. The highest BCUT2D eigenvalue weighted by Gasteiger charge is 2.20. The quantitative estimate of drug-likeness (QED) is 0.516. The maximum absolute atomic E-state index is 11.4. The molecule has 0 saturated carbocycles. The summed E-state index contributed by atoms with van der Waals surface area (Å²) in [6, 6.07) is 0. The average molecular weight is 248 g/mol. The van der Waals surface area contributed by atoms with Crippen LogP contribution in [0.1, 0.15) is 53.4 Å². The molecule has 1 unspecified atom stereocenters. The number of esters is 1. The lowest BCUT2D eigenvalue weighted by molar-refractivity contribution is -0.139. The van der Waals surface area contributed by atoms with Crippen LogP contribution in [-0.2, 0) is 9.53 Å². The molecular weight excluding hydrogens is 224 g/mol. The second-order valence-electron chi connectivity index (χ2n) is 5.21. The molecule has 0 radical (unpaired) electrons. The lowest BCUT2D eigenvalue weighted by atomic mass is 10.1. The number of hydrogen-bond acceptors (Lipinski definition) is 2. The Kier molecular flexibility index (Phi) is 5.90. The van der Waals surface area contributed by atoms with Crippen LogP contribution < -0.4 is 0 Å². The van der Waals surface area contributed by atoms with Crippen molar-refractivity contribution in [3.8, 4) is 0 Å². The minimum absolute atomic E-state index is 0.0461. The van der Waals surface area contributed by atoms with Gasteiger partial charge >= 0.3 is 5.97 Å². The maximum Gasteiger partial charge on any atom is 0.334 e. The van der Waals surface area contributed by atoms with E-state index < -0.39 is 0 Å². The fourth-order valence-corrected chi connectivity index (χ4v) is 1.98. The summed E-state index contributed by atoms with van der Waals surface area (Å²) in [7, 11) is 0. The molecule has 2 heteroatoms. The van der Waals surface area contributed by atoms with Crippen molar-refractivity contribution < 1.29 is 9.53 Å². The molecule has 0 aromatic rings. The van der Waals surface area contributed by atoms with Gasteiger partial charge in [0.2, 0.25) is 0 Å². The van der Waals surface area contributed by atoms with Crippen LogP contribution in [0, 0.1) is 0 Å². The Morgan fingerprint density at radius 1 is 1.28 bits per heavy atom. The molecule has 1 heterocycles. The van der Waals surface area contributed by atoms with Crippen molar-refractivity contribution in [3.63, 3.8) is 0 Å². The summed E-state index contributed by atoms with van der Waals surface area (Å²) < 4.78 is 5.06. The van der Waals surface area contributed by atoms with Crippen LogP contribution >= 0.6 is 0 Å². The van der Waals surface area contributed by atoms with Crippen molar-refractivity contribution >= 4 is 5.97 Å². The number of allylic oxidation sites excluding steroid dienone is 4.